The SMILES string of the molecule is O=C(C[C@@H](Cn1cnnn1)c1ccc(Cl)cc1)NC1CCN(Cc2ccc(F)cc2)CC1. The average Bonchev–Trinajstić information content (AvgIpc) is 3.30. The Kier molecular flexibility index (Phi) is 7.44. The Morgan fingerprint density at radius 3 is 2.50 bits per heavy atom. The number of tetrazole rings is 1. The molecule has 168 valence electrons. The molecule has 3 aromatic rings. The molecule has 0 radical (unpaired) electrons. The molecule has 1 aromatic heterocycles. The number of hydrogen-bond acceptors (Lipinski definition) is 5. The van der Waals surface area contributed by atoms with Crippen LogP contribution in [0.3, 0.4) is 0 Å². The number of benzene rings is 2. The van der Waals surface area contributed by atoms with Crippen LogP contribution in [-0.4, -0.2) is 50.1 Å². The summed E-state index contributed by atoms with van der Waals surface area (Å²) in [6, 6.07) is 14.3. The Hall–Kier alpha value is -2.84. The summed E-state index contributed by atoms with van der Waals surface area (Å²) in [6.07, 6.45) is 3.69. The van der Waals surface area contributed by atoms with Crippen molar-refractivity contribution in [2.45, 2.75) is 44.3 Å². The summed E-state index contributed by atoms with van der Waals surface area (Å²) in [4.78, 5) is 15.2. The van der Waals surface area contributed by atoms with Crippen LogP contribution in [0.1, 0.15) is 36.3 Å². The van der Waals surface area contributed by atoms with E-state index in [1.165, 1.54) is 12.1 Å². The zero-order valence-electron chi connectivity index (χ0n) is 17.7. The van der Waals surface area contributed by atoms with E-state index in [9.17, 15) is 9.18 Å². The number of likely N-dealkylation sites (tertiary alicyclic amines) is 1. The van der Waals surface area contributed by atoms with Crippen LogP contribution >= 0.6 is 11.6 Å². The van der Waals surface area contributed by atoms with Crippen LogP contribution in [-0.2, 0) is 17.9 Å². The van der Waals surface area contributed by atoms with E-state index in [1.807, 2.05) is 36.4 Å². The minimum atomic E-state index is -0.216. The van der Waals surface area contributed by atoms with E-state index in [2.05, 4.69) is 25.7 Å². The molecule has 1 atom stereocenters. The highest BCUT2D eigenvalue weighted by molar-refractivity contribution is 6.30. The molecule has 0 aliphatic carbocycles. The maximum Gasteiger partial charge on any atom is 0.220 e. The standard InChI is InChI=1S/C23H26ClFN6O/c24-20-5-3-18(4-6-20)19(15-31-16-26-28-29-31)13-23(32)27-22-9-11-30(12-10-22)14-17-1-7-21(25)8-2-17/h1-8,16,19,22H,9-15H2,(H,27,32)/t19-/m0/s1. The van der Waals surface area contributed by atoms with Crippen LogP contribution in [0.25, 0.3) is 0 Å². The largest absolute Gasteiger partial charge is 0.353 e. The Balaban J connectivity index is 1.29. The number of rotatable bonds is 8. The van der Waals surface area contributed by atoms with Gasteiger partial charge in [-0.05, 0) is 58.7 Å². The van der Waals surface area contributed by atoms with Crippen LogP contribution in [0.4, 0.5) is 4.39 Å². The molecule has 2 aromatic carbocycles. The lowest BCUT2D eigenvalue weighted by Gasteiger charge is -2.32. The smallest absolute Gasteiger partial charge is 0.220 e. The summed E-state index contributed by atoms with van der Waals surface area (Å²) in [6.45, 7) is 3.10. The first kappa shape index (κ1) is 22.4. The van der Waals surface area contributed by atoms with Crippen molar-refractivity contribution in [3.05, 3.63) is 76.8 Å². The molecule has 1 amide bonds. The van der Waals surface area contributed by atoms with Gasteiger partial charge in [0.1, 0.15) is 12.1 Å². The van der Waals surface area contributed by atoms with Gasteiger partial charge in [-0.3, -0.25) is 9.69 Å². The normalized spacial score (nSPS) is 16.1. The first-order valence-corrected chi connectivity index (χ1v) is 11.2. The quantitative estimate of drug-likeness (QED) is 0.562. The lowest BCUT2D eigenvalue weighted by molar-refractivity contribution is -0.122. The summed E-state index contributed by atoms with van der Waals surface area (Å²) in [7, 11) is 0. The maximum atomic E-state index is 13.1. The fourth-order valence-electron chi connectivity index (χ4n) is 4.11. The molecule has 1 aliphatic heterocycles. The Morgan fingerprint density at radius 1 is 1.12 bits per heavy atom. The van der Waals surface area contributed by atoms with Crippen molar-refractivity contribution in [3.8, 4) is 0 Å². The molecule has 0 bridgehead atoms. The number of nitrogens with one attached hydrogen (secondary N) is 1. The van der Waals surface area contributed by atoms with Crippen molar-refractivity contribution in [1.82, 2.24) is 30.4 Å². The van der Waals surface area contributed by atoms with Crippen molar-refractivity contribution in [2.75, 3.05) is 13.1 Å². The topological polar surface area (TPSA) is 75.9 Å². The summed E-state index contributed by atoms with van der Waals surface area (Å²) < 4.78 is 14.7. The molecular formula is C23H26ClFN6O. The average molecular weight is 457 g/mol. The van der Waals surface area contributed by atoms with E-state index in [0.717, 1.165) is 43.6 Å². The second-order valence-corrected chi connectivity index (χ2v) is 8.67. The number of carbonyl (C=O) groups is 1. The van der Waals surface area contributed by atoms with Gasteiger partial charge in [0.05, 0.1) is 6.54 Å². The maximum absolute atomic E-state index is 13.1. The number of amides is 1. The number of nitrogens with zero attached hydrogens (tertiary/aromatic N) is 5. The minimum Gasteiger partial charge on any atom is -0.353 e. The lowest BCUT2D eigenvalue weighted by Crippen LogP contribution is -2.44. The molecule has 0 saturated carbocycles. The fourth-order valence-corrected chi connectivity index (χ4v) is 4.23. The van der Waals surface area contributed by atoms with E-state index >= 15 is 0 Å². The zero-order valence-corrected chi connectivity index (χ0v) is 18.5. The van der Waals surface area contributed by atoms with Gasteiger partial charge < -0.3 is 5.32 Å². The molecule has 9 heteroatoms. The van der Waals surface area contributed by atoms with Crippen LogP contribution in [0.5, 0.6) is 0 Å². The van der Waals surface area contributed by atoms with Crippen molar-refractivity contribution in [1.29, 1.82) is 0 Å². The monoisotopic (exact) mass is 456 g/mol. The third-order valence-electron chi connectivity index (χ3n) is 5.84. The van der Waals surface area contributed by atoms with Crippen LogP contribution in [0, 0.1) is 5.82 Å². The third kappa shape index (κ3) is 6.34. The highest BCUT2D eigenvalue weighted by Gasteiger charge is 2.23. The molecule has 4 rings (SSSR count). The van der Waals surface area contributed by atoms with Gasteiger partial charge in [-0.15, -0.1) is 5.10 Å². The molecule has 1 N–H and O–H groups in total. The highest BCUT2D eigenvalue weighted by Crippen LogP contribution is 2.24. The molecule has 0 spiro atoms. The van der Waals surface area contributed by atoms with Gasteiger partial charge in [0, 0.05) is 43.0 Å². The minimum absolute atomic E-state index is 0.0232. The Labute approximate surface area is 191 Å². The Bertz CT molecular complexity index is 988. The van der Waals surface area contributed by atoms with Crippen molar-refractivity contribution in [2.24, 2.45) is 0 Å². The van der Waals surface area contributed by atoms with E-state index in [0.29, 0.717) is 18.0 Å². The van der Waals surface area contributed by atoms with Crippen molar-refractivity contribution < 1.29 is 9.18 Å². The summed E-state index contributed by atoms with van der Waals surface area (Å²) >= 11 is 6.03. The summed E-state index contributed by atoms with van der Waals surface area (Å²) in [5.41, 5.74) is 2.12. The summed E-state index contributed by atoms with van der Waals surface area (Å²) in [5.74, 6) is -0.253. The van der Waals surface area contributed by atoms with Crippen molar-refractivity contribution in [3.63, 3.8) is 0 Å². The van der Waals surface area contributed by atoms with Gasteiger partial charge in [0.15, 0.2) is 0 Å². The lowest BCUT2D eigenvalue weighted by atomic mass is 9.94. The van der Waals surface area contributed by atoms with Crippen molar-refractivity contribution >= 4 is 17.5 Å². The molecule has 1 fully saturated rings. The predicted molar refractivity (Wildman–Crippen MR) is 119 cm³/mol. The van der Waals surface area contributed by atoms with Gasteiger partial charge in [-0.1, -0.05) is 35.9 Å². The molecule has 32 heavy (non-hydrogen) atoms. The predicted octanol–water partition coefficient (Wildman–Crippen LogP) is 3.42. The van der Waals surface area contributed by atoms with Crippen LogP contribution in [0.2, 0.25) is 5.02 Å². The first-order chi connectivity index (χ1) is 15.5. The van der Waals surface area contributed by atoms with E-state index in [4.69, 9.17) is 11.6 Å². The van der Waals surface area contributed by atoms with E-state index < -0.39 is 0 Å². The van der Waals surface area contributed by atoms with Gasteiger partial charge in [-0.25, -0.2) is 9.07 Å². The van der Waals surface area contributed by atoms with Crippen LogP contribution < -0.4 is 5.32 Å². The van der Waals surface area contributed by atoms with E-state index in [-0.39, 0.29) is 23.7 Å². The molecule has 7 nitrogen and oxygen atoms in total. The number of aromatic nitrogens is 4. The number of piperidine rings is 1. The molecule has 0 unspecified atom stereocenters. The number of hydrogen-bond donors (Lipinski definition) is 1. The third-order valence-corrected chi connectivity index (χ3v) is 6.10. The fraction of sp³-hybridized carbons (Fsp3) is 0.391. The highest BCUT2D eigenvalue weighted by atomic mass is 35.5. The van der Waals surface area contributed by atoms with Gasteiger partial charge in [0.25, 0.3) is 0 Å². The second kappa shape index (κ2) is 10.7. The van der Waals surface area contributed by atoms with Gasteiger partial charge >= 0.3 is 0 Å². The van der Waals surface area contributed by atoms with Crippen LogP contribution in [0.15, 0.2) is 54.9 Å². The molecule has 1 aliphatic rings. The number of carbonyl (C=O) groups excluding carboxylic acids is 1. The zero-order chi connectivity index (χ0) is 22.3. The molecule has 1 saturated heterocycles. The van der Waals surface area contributed by atoms with E-state index in [1.54, 1.807) is 11.0 Å². The molecule has 2 heterocycles. The number of halogens is 2. The Morgan fingerprint density at radius 2 is 1.84 bits per heavy atom. The van der Waals surface area contributed by atoms with Gasteiger partial charge in [-0.2, -0.15) is 0 Å². The first-order valence-electron chi connectivity index (χ1n) is 10.8. The molecular weight excluding hydrogens is 431 g/mol. The van der Waals surface area contributed by atoms with Gasteiger partial charge in [0.2, 0.25) is 5.91 Å². The second-order valence-electron chi connectivity index (χ2n) is 8.23. The summed E-state index contributed by atoms with van der Waals surface area (Å²) in [5, 5.41) is 15.2.